The number of carbonyl (C=O) groups excluding carboxylic acids is 2. The van der Waals surface area contributed by atoms with E-state index in [0.29, 0.717) is 16.6 Å². The van der Waals surface area contributed by atoms with Crippen LogP contribution < -0.4 is 0 Å². The second-order valence-corrected chi connectivity index (χ2v) is 9.45. The Kier molecular flexibility index (Phi) is 5.56. The van der Waals surface area contributed by atoms with Gasteiger partial charge >= 0.3 is 6.09 Å². The van der Waals surface area contributed by atoms with Crippen LogP contribution in [0.1, 0.15) is 29.9 Å². The number of hydrogen-bond acceptors (Lipinski definition) is 5. The fourth-order valence-electron chi connectivity index (χ4n) is 4.99. The van der Waals surface area contributed by atoms with Gasteiger partial charge in [-0.2, -0.15) is 5.10 Å². The van der Waals surface area contributed by atoms with Gasteiger partial charge in [-0.3, -0.25) is 9.48 Å². The maximum Gasteiger partial charge on any atom is 0.418 e. The van der Waals surface area contributed by atoms with Gasteiger partial charge in [-0.15, -0.1) is 0 Å². The summed E-state index contributed by atoms with van der Waals surface area (Å²) < 4.78 is 21.2. The highest BCUT2D eigenvalue weighted by molar-refractivity contribution is 6.04. The maximum absolute atomic E-state index is 14.2. The van der Waals surface area contributed by atoms with E-state index in [1.807, 2.05) is 61.8 Å². The van der Waals surface area contributed by atoms with Gasteiger partial charge in [0.15, 0.2) is 5.82 Å². The molecule has 1 N–H and O–H groups in total. The molecule has 38 heavy (non-hydrogen) atoms. The highest BCUT2D eigenvalue weighted by atomic mass is 19.1. The number of carbonyl (C=O) groups is 2. The number of ether oxygens (including phenoxy) is 1. The molecule has 0 aliphatic carbocycles. The Morgan fingerprint density at radius 1 is 1.03 bits per heavy atom. The number of hydrogen-bond donors (Lipinski definition) is 1. The molecule has 1 saturated heterocycles. The Balaban J connectivity index is 1.48. The molecule has 0 spiro atoms. The standard InChI is InChI=1S/C29H24FN5O3/c1-18(20-11-13-22(30)14-12-20)35-27(36)29(38-28(35)37,15-19-7-4-3-5-8-19)26-32-24-10-6-9-23(25(24)33-26)21-16-31-34(2)17-21/h3-14,16-18H,15H2,1-2H3,(H,32,33)/t18-,29-/m1/s1. The quantitative estimate of drug-likeness (QED) is 0.336. The fourth-order valence-corrected chi connectivity index (χ4v) is 4.99. The van der Waals surface area contributed by atoms with Gasteiger partial charge in [0.2, 0.25) is 0 Å². The monoisotopic (exact) mass is 509 g/mol. The van der Waals surface area contributed by atoms with Crippen LogP contribution in [0, 0.1) is 5.82 Å². The molecule has 0 saturated carbocycles. The summed E-state index contributed by atoms with van der Waals surface area (Å²) in [4.78, 5) is 36.7. The van der Waals surface area contributed by atoms with Crippen LogP contribution in [0.3, 0.4) is 0 Å². The summed E-state index contributed by atoms with van der Waals surface area (Å²) in [5, 5.41) is 4.26. The number of amides is 2. The number of halogens is 1. The van der Waals surface area contributed by atoms with Crippen molar-refractivity contribution in [3.8, 4) is 11.1 Å². The largest absolute Gasteiger partial charge is 0.424 e. The van der Waals surface area contributed by atoms with Crippen LogP contribution in [0.25, 0.3) is 22.2 Å². The number of cyclic esters (lactones) is 1. The van der Waals surface area contributed by atoms with Crippen molar-refractivity contribution < 1.29 is 18.7 Å². The molecule has 0 bridgehead atoms. The minimum Gasteiger partial charge on any atom is -0.424 e. The summed E-state index contributed by atoms with van der Waals surface area (Å²) >= 11 is 0. The molecule has 9 heteroatoms. The van der Waals surface area contributed by atoms with Gasteiger partial charge < -0.3 is 9.72 Å². The molecule has 8 nitrogen and oxygen atoms in total. The number of aromatic nitrogens is 4. The van der Waals surface area contributed by atoms with E-state index in [1.165, 1.54) is 12.1 Å². The molecule has 0 unspecified atom stereocenters. The zero-order valence-corrected chi connectivity index (χ0v) is 20.8. The molecule has 2 amide bonds. The Hall–Kier alpha value is -4.79. The molecular formula is C29H24FN5O3. The van der Waals surface area contributed by atoms with Gasteiger partial charge in [0.05, 0.1) is 23.3 Å². The first-order valence-electron chi connectivity index (χ1n) is 12.2. The van der Waals surface area contributed by atoms with Crippen LogP contribution >= 0.6 is 0 Å². The van der Waals surface area contributed by atoms with Crippen LogP contribution in [0.5, 0.6) is 0 Å². The highest BCUT2D eigenvalue weighted by Gasteiger charge is 2.58. The van der Waals surface area contributed by atoms with Gasteiger partial charge in [0.1, 0.15) is 5.82 Å². The smallest absolute Gasteiger partial charge is 0.418 e. The number of H-pyrrole nitrogens is 1. The molecule has 1 aliphatic heterocycles. The predicted molar refractivity (Wildman–Crippen MR) is 138 cm³/mol. The minimum atomic E-state index is -1.71. The zero-order valence-electron chi connectivity index (χ0n) is 20.8. The summed E-state index contributed by atoms with van der Waals surface area (Å²) in [6, 6.07) is 20.1. The summed E-state index contributed by atoms with van der Waals surface area (Å²) in [6.45, 7) is 1.71. The number of aryl methyl sites for hydroxylation is 1. The summed E-state index contributed by atoms with van der Waals surface area (Å²) in [7, 11) is 1.84. The van der Waals surface area contributed by atoms with Crippen LogP contribution in [0.15, 0.2) is 85.2 Å². The normalized spacial score (nSPS) is 18.2. The van der Waals surface area contributed by atoms with Gasteiger partial charge in [-0.25, -0.2) is 19.1 Å². The number of fused-ring (bicyclic) bond motifs is 1. The second-order valence-electron chi connectivity index (χ2n) is 9.45. The Labute approximate surface area is 217 Å². The lowest BCUT2D eigenvalue weighted by atomic mass is 9.92. The molecule has 1 aliphatic rings. The molecule has 3 heterocycles. The van der Waals surface area contributed by atoms with Crippen molar-refractivity contribution in [3.63, 3.8) is 0 Å². The molecule has 6 rings (SSSR count). The first-order chi connectivity index (χ1) is 18.4. The van der Waals surface area contributed by atoms with Crippen LogP contribution in [0.4, 0.5) is 9.18 Å². The molecule has 0 radical (unpaired) electrons. The van der Waals surface area contributed by atoms with Gasteiger partial charge in [-0.1, -0.05) is 54.6 Å². The van der Waals surface area contributed by atoms with Crippen molar-refractivity contribution in [1.29, 1.82) is 0 Å². The Bertz CT molecular complexity index is 1660. The van der Waals surface area contributed by atoms with E-state index in [9.17, 15) is 14.0 Å². The first-order valence-corrected chi connectivity index (χ1v) is 12.2. The summed E-state index contributed by atoms with van der Waals surface area (Å²) in [5.41, 5.74) is 2.74. The van der Waals surface area contributed by atoms with Gasteiger partial charge in [0, 0.05) is 30.8 Å². The number of aromatic amines is 1. The average Bonchev–Trinajstić information content (AvgIpc) is 3.61. The van der Waals surface area contributed by atoms with Gasteiger partial charge in [-0.05, 0) is 36.2 Å². The van der Waals surface area contributed by atoms with E-state index < -0.39 is 29.5 Å². The first kappa shape index (κ1) is 23.6. The van der Waals surface area contributed by atoms with E-state index >= 15 is 0 Å². The van der Waals surface area contributed by atoms with E-state index in [4.69, 9.17) is 9.72 Å². The molecule has 2 atom stereocenters. The third-order valence-corrected chi connectivity index (χ3v) is 6.97. The molecule has 2 aromatic heterocycles. The number of para-hydroxylation sites is 1. The van der Waals surface area contributed by atoms with Crippen LogP contribution in [0.2, 0.25) is 0 Å². The number of rotatable bonds is 6. The number of benzene rings is 3. The average molecular weight is 510 g/mol. The third-order valence-electron chi connectivity index (χ3n) is 6.97. The Morgan fingerprint density at radius 3 is 2.50 bits per heavy atom. The van der Waals surface area contributed by atoms with Crippen molar-refractivity contribution >= 4 is 23.0 Å². The fraction of sp³-hybridized carbons (Fsp3) is 0.172. The molecule has 5 aromatic rings. The number of nitrogens with zero attached hydrogens (tertiary/aromatic N) is 4. The van der Waals surface area contributed by atoms with Crippen molar-refractivity contribution in [2.24, 2.45) is 7.05 Å². The van der Waals surface area contributed by atoms with Crippen molar-refractivity contribution in [2.75, 3.05) is 0 Å². The SMILES string of the molecule is C[C@H](c1ccc(F)cc1)N1C(=O)O[C@](Cc2ccccc2)(c2nc3c(-c4cnn(C)c4)cccc3[nH]2)C1=O. The highest BCUT2D eigenvalue weighted by Crippen LogP contribution is 2.41. The number of nitrogens with one attached hydrogen (secondary N) is 1. The topological polar surface area (TPSA) is 93.1 Å². The predicted octanol–water partition coefficient (Wildman–Crippen LogP) is 5.28. The second kappa shape index (κ2) is 8.95. The molecule has 190 valence electrons. The van der Waals surface area contributed by atoms with Gasteiger partial charge in [0.25, 0.3) is 11.5 Å². The summed E-state index contributed by atoms with van der Waals surface area (Å²) in [6.07, 6.45) is 2.94. The minimum absolute atomic E-state index is 0.0904. The number of imide groups is 1. The molecule has 3 aromatic carbocycles. The van der Waals surface area contributed by atoms with Crippen LogP contribution in [-0.4, -0.2) is 36.6 Å². The van der Waals surface area contributed by atoms with E-state index in [0.717, 1.165) is 21.6 Å². The Morgan fingerprint density at radius 2 is 1.79 bits per heavy atom. The molecule has 1 fully saturated rings. The number of imidazole rings is 1. The lowest BCUT2D eigenvalue weighted by Crippen LogP contribution is -2.42. The van der Waals surface area contributed by atoms with Crippen molar-refractivity contribution in [2.45, 2.75) is 25.0 Å². The van der Waals surface area contributed by atoms with E-state index in [-0.39, 0.29) is 12.2 Å². The molecular weight excluding hydrogens is 485 g/mol. The summed E-state index contributed by atoms with van der Waals surface area (Å²) in [5.74, 6) is -0.702. The maximum atomic E-state index is 14.2. The van der Waals surface area contributed by atoms with E-state index in [2.05, 4.69) is 10.1 Å². The van der Waals surface area contributed by atoms with E-state index in [1.54, 1.807) is 29.9 Å². The lowest BCUT2D eigenvalue weighted by molar-refractivity contribution is -0.139. The lowest BCUT2D eigenvalue weighted by Gasteiger charge is -2.25. The van der Waals surface area contributed by atoms with Crippen LogP contribution in [-0.2, 0) is 28.6 Å². The zero-order chi connectivity index (χ0) is 26.4. The van der Waals surface area contributed by atoms with Crippen molar-refractivity contribution in [3.05, 3.63) is 108 Å². The van der Waals surface area contributed by atoms with Crippen molar-refractivity contribution in [1.82, 2.24) is 24.6 Å². The third kappa shape index (κ3) is 3.83.